The number of β-amino-alcohol motifs (C(OH)–C–C–N with tert-alkyl or cyclic N) is 2. The molecule has 1 aliphatic heterocycles. The molecule has 0 aromatic heterocycles. The Morgan fingerprint density at radius 1 is 1.13 bits per heavy atom. The summed E-state index contributed by atoms with van der Waals surface area (Å²) in [7, 11) is 0. The van der Waals surface area contributed by atoms with Crippen molar-refractivity contribution in [3.05, 3.63) is 29.3 Å². The number of rotatable bonds is 6. The van der Waals surface area contributed by atoms with Crippen molar-refractivity contribution in [3.63, 3.8) is 0 Å². The lowest BCUT2D eigenvalue weighted by atomic mass is 10.0. The van der Waals surface area contributed by atoms with E-state index in [1.165, 1.54) is 4.90 Å². The van der Waals surface area contributed by atoms with E-state index in [1.54, 1.807) is 0 Å². The van der Waals surface area contributed by atoms with Crippen molar-refractivity contribution >= 4 is 0 Å². The summed E-state index contributed by atoms with van der Waals surface area (Å²) in [6.07, 6.45) is -1.82. The number of piperidine rings is 1. The van der Waals surface area contributed by atoms with Crippen molar-refractivity contribution in [1.82, 2.24) is 4.90 Å². The molecule has 0 aliphatic carbocycles. The molecule has 2 rings (SSSR count). The largest absolute Gasteiger partial charge is 0.493 e. The Morgan fingerprint density at radius 3 is 2.22 bits per heavy atom. The maximum atomic E-state index is 14.1. The highest BCUT2D eigenvalue weighted by Gasteiger charge is 2.33. The number of likely N-dealkylation sites (tertiary alicyclic amines) is 1. The molecule has 1 aliphatic rings. The molecule has 3 N–H and O–H groups in total. The molecule has 3 atom stereocenters. The first kappa shape index (κ1) is 18.1. The van der Waals surface area contributed by atoms with E-state index >= 15 is 0 Å². The number of aliphatic hydroxyl groups excluding tert-OH is 3. The van der Waals surface area contributed by atoms with Gasteiger partial charge in [0.25, 0.3) is 0 Å². The predicted octanol–water partition coefficient (Wildman–Crippen LogP) is 1.04. The van der Waals surface area contributed by atoms with Gasteiger partial charge in [0.1, 0.15) is 23.5 Å². The minimum atomic E-state index is -1.24. The second-order valence-corrected chi connectivity index (χ2v) is 5.89. The van der Waals surface area contributed by atoms with Crippen molar-refractivity contribution in [2.45, 2.75) is 44.6 Å². The Bertz CT molecular complexity index is 494. The molecule has 0 amide bonds. The van der Waals surface area contributed by atoms with Crippen LogP contribution in [0.3, 0.4) is 0 Å². The molecule has 1 aromatic carbocycles. The standard InChI is InChI=1S/C16H23F2NO4/c1-2-3-4-23-10-5-12(17)11(13(18)6-10)7-19-8-14(20)16(22)15(21)9-19/h5-6,14-16,20-22H,2-4,7-9H2,1H3/t14-,15+,16+. The lowest BCUT2D eigenvalue weighted by Gasteiger charge is -2.36. The summed E-state index contributed by atoms with van der Waals surface area (Å²) >= 11 is 0. The van der Waals surface area contributed by atoms with Gasteiger partial charge in [-0.3, -0.25) is 4.90 Å². The zero-order valence-electron chi connectivity index (χ0n) is 13.1. The lowest BCUT2D eigenvalue weighted by molar-refractivity contribution is -0.111. The van der Waals surface area contributed by atoms with Crippen LogP contribution in [0.4, 0.5) is 8.78 Å². The second-order valence-electron chi connectivity index (χ2n) is 5.89. The summed E-state index contributed by atoms with van der Waals surface area (Å²) in [6, 6.07) is 2.28. The van der Waals surface area contributed by atoms with Crippen LogP contribution in [0.5, 0.6) is 5.75 Å². The van der Waals surface area contributed by atoms with Crippen LogP contribution in [-0.4, -0.2) is 58.2 Å². The lowest BCUT2D eigenvalue weighted by Crippen LogP contribution is -2.55. The molecule has 0 bridgehead atoms. The number of aliphatic hydroxyl groups is 3. The first-order valence-corrected chi connectivity index (χ1v) is 7.79. The van der Waals surface area contributed by atoms with Gasteiger partial charge in [-0.2, -0.15) is 0 Å². The van der Waals surface area contributed by atoms with Crippen molar-refractivity contribution in [3.8, 4) is 5.75 Å². The van der Waals surface area contributed by atoms with Gasteiger partial charge in [-0.25, -0.2) is 8.78 Å². The van der Waals surface area contributed by atoms with Crippen molar-refractivity contribution < 1.29 is 28.8 Å². The van der Waals surface area contributed by atoms with Gasteiger partial charge in [0.05, 0.1) is 18.8 Å². The summed E-state index contributed by atoms with van der Waals surface area (Å²) in [5.74, 6) is -1.32. The summed E-state index contributed by atoms with van der Waals surface area (Å²) in [5, 5.41) is 28.8. The summed E-state index contributed by atoms with van der Waals surface area (Å²) in [6.45, 7) is 2.36. The molecular weight excluding hydrogens is 308 g/mol. The van der Waals surface area contributed by atoms with Gasteiger partial charge in [-0.1, -0.05) is 13.3 Å². The Morgan fingerprint density at radius 2 is 1.70 bits per heavy atom. The van der Waals surface area contributed by atoms with Crippen molar-refractivity contribution in [1.29, 1.82) is 0 Å². The summed E-state index contributed by atoms with van der Waals surface area (Å²) in [5.41, 5.74) is -0.149. The molecule has 1 aromatic rings. The number of benzene rings is 1. The Kier molecular flexibility index (Phi) is 6.29. The molecule has 130 valence electrons. The van der Waals surface area contributed by atoms with E-state index in [0.717, 1.165) is 25.0 Å². The minimum absolute atomic E-state index is 0.0336. The Labute approximate surface area is 134 Å². The van der Waals surface area contributed by atoms with E-state index in [2.05, 4.69) is 0 Å². The van der Waals surface area contributed by atoms with Gasteiger partial charge >= 0.3 is 0 Å². The first-order chi connectivity index (χ1) is 10.9. The van der Waals surface area contributed by atoms with Gasteiger partial charge in [0.15, 0.2) is 0 Å². The minimum Gasteiger partial charge on any atom is -0.493 e. The van der Waals surface area contributed by atoms with Gasteiger partial charge in [0, 0.05) is 37.3 Å². The molecule has 7 heteroatoms. The van der Waals surface area contributed by atoms with E-state index in [4.69, 9.17) is 4.74 Å². The number of halogens is 2. The fourth-order valence-electron chi connectivity index (χ4n) is 2.58. The van der Waals surface area contributed by atoms with Crippen molar-refractivity contribution in [2.75, 3.05) is 19.7 Å². The first-order valence-electron chi connectivity index (χ1n) is 7.79. The normalized spacial score (nSPS) is 25.6. The topological polar surface area (TPSA) is 73.2 Å². The van der Waals surface area contributed by atoms with E-state index in [-0.39, 0.29) is 30.9 Å². The summed E-state index contributed by atoms with van der Waals surface area (Å²) < 4.78 is 33.5. The molecule has 23 heavy (non-hydrogen) atoms. The van der Waals surface area contributed by atoms with Gasteiger partial charge in [0.2, 0.25) is 0 Å². The number of unbranched alkanes of at least 4 members (excludes halogenated alkanes) is 1. The number of ether oxygens (including phenoxy) is 1. The zero-order valence-corrected chi connectivity index (χ0v) is 13.1. The van der Waals surface area contributed by atoms with E-state index in [0.29, 0.717) is 6.61 Å². The molecule has 5 nitrogen and oxygen atoms in total. The van der Waals surface area contributed by atoms with Crippen LogP contribution in [-0.2, 0) is 6.54 Å². The zero-order chi connectivity index (χ0) is 17.0. The van der Waals surface area contributed by atoms with Gasteiger partial charge in [-0.15, -0.1) is 0 Å². The molecule has 0 unspecified atom stereocenters. The van der Waals surface area contributed by atoms with E-state index in [1.807, 2.05) is 6.92 Å². The third kappa shape index (κ3) is 4.60. The highest BCUT2D eigenvalue weighted by molar-refractivity contribution is 5.30. The predicted molar refractivity (Wildman–Crippen MR) is 80.1 cm³/mol. The quantitative estimate of drug-likeness (QED) is 0.680. The fraction of sp³-hybridized carbons (Fsp3) is 0.625. The van der Waals surface area contributed by atoms with Crippen LogP contribution < -0.4 is 4.74 Å². The highest BCUT2D eigenvalue weighted by atomic mass is 19.1. The van der Waals surface area contributed by atoms with Crippen LogP contribution in [0.25, 0.3) is 0 Å². The third-order valence-electron chi connectivity index (χ3n) is 3.94. The highest BCUT2D eigenvalue weighted by Crippen LogP contribution is 2.24. The van der Waals surface area contributed by atoms with Gasteiger partial charge < -0.3 is 20.1 Å². The number of nitrogens with zero attached hydrogens (tertiary/aromatic N) is 1. The number of hydrogen-bond donors (Lipinski definition) is 3. The van der Waals surface area contributed by atoms with Gasteiger partial charge in [-0.05, 0) is 6.42 Å². The SMILES string of the molecule is CCCCOc1cc(F)c(CN2C[C@@H](O)[C@H](O)[C@@H](O)C2)c(F)c1. The third-order valence-corrected chi connectivity index (χ3v) is 3.94. The molecule has 0 radical (unpaired) electrons. The Balaban J connectivity index is 2.05. The van der Waals surface area contributed by atoms with Crippen LogP contribution in [0, 0.1) is 11.6 Å². The smallest absolute Gasteiger partial charge is 0.134 e. The average molecular weight is 331 g/mol. The molecule has 1 saturated heterocycles. The molecule has 0 saturated carbocycles. The maximum Gasteiger partial charge on any atom is 0.134 e. The second kappa shape index (κ2) is 8.01. The molecular formula is C16H23F2NO4. The maximum absolute atomic E-state index is 14.1. The van der Waals surface area contributed by atoms with Crippen LogP contribution in [0.1, 0.15) is 25.3 Å². The molecule has 1 fully saturated rings. The monoisotopic (exact) mass is 331 g/mol. The van der Waals surface area contributed by atoms with Crippen LogP contribution in [0.2, 0.25) is 0 Å². The van der Waals surface area contributed by atoms with E-state index in [9.17, 15) is 24.1 Å². The van der Waals surface area contributed by atoms with Crippen molar-refractivity contribution in [2.24, 2.45) is 0 Å². The average Bonchev–Trinajstić information content (AvgIpc) is 2.49. The van der Waals surface area contributed by atoms with Crippen LogP contribution >= 0.6 is 0 Å². The Hall–Kier alpha value is -1.28. The van der Waals surface area contributed by atoms with E-state index < -0.39 is 29.9 Å². The molecule has 0 spiro atoms. The summed E-state index contributed by atoms with van der Waals surface area (Å²) in [4.78, 5) is 1.50. The number of hydrogen-bond acceptors (Lipinski definition) is 5. The molecule has 1 heterocycles. The van der Waals surface area contributed by atoms with Crippen LogP contribution in [0.15, 0.2) is 12.1 Å². The fourth-order valence-corrected chi connectivity index (χ4v) is 2.58.